The molecule has 0 aliphatic carbocycles. The minimum Gasteiger partial charge on any atom is -0.446 e. The second-order valence-electron chi connectivity index (χ2n) is 2.20. The normalized spacial score (nSPS) is 26.2. The molecule has 0 N–H and O–H groups in total. The topological polar surface area (TPSA) is 25.5 Å². The zero-order valence-corrected chi connectivity index (χ0v) is 5.90. The van der Waals surface area contributed by atoms with Crippen LogP contribution in [0.25, 0.3) is 6.08 Å². The molecule has 0 saturated heterocycles. The van der Waals surface area contributed by atoms with Crippen LogP contribution in [0.5, 0.6) is 0 Å². The summed E-state index contributed by atoms with van der Waals surface area (Å²) in [6.07, 6.45) is 11.1. The van der Waals surface area contributed by atoms with E-state index in [1.807, 2.05) is 30.4 Å². The van der Waals surface area contributed by atoms with Gasteiger partial charge in [0.25, 0.3) is 0 Å². The number of nitrogens with zero attached hydrogens (tertiary/aromatic N) is 1. The molecule has 0 fully saturated rings. The third-order valence-corrected chi connectivity index (χ3v) is 1.45. The molecule has 0 amide bonds. The SMILES string of the molecule is C1=C\N=c2\occ\c2=C/C=C/1. The third kappa shape index (κ3) is 1.15. The minimum absolute atomic E-state index is 0.672. The second kappa shape index (κ2) is 2.58. The van der Waals surface area contributed by atoms with Crippen molar-refractivity contribution in [2.24, 2.45) is 4.99 Å². The van der Waals surface area contributed by atoms with Crippen molar-refractivity contribution in [2.45, 2.75) is 0 Å². The van der Waals surface area contributed by atoms with E-state index in [0.29, 0.717) is 5.55 Å². The lowest BCUT2D eigenvalue weighted by atomic mass is 10.3. The van der Waals surface area contributed by atoms with Crippen molar-refractivity contribution in [1.82, 2.24) is 0 Å². The van der Waals surface area contributed by atoms with Gasteiger partial charge in [0.1, 0.15) is 0 Å². The van der Waals surface area contributed by atoms with E-state index in [0.717, 1.165) is 5.22 Å². The maximum Gasteiger partial charge on any atom is 0.225 e. The van der Waals surface area contributed by atoms with Gasteiger partial charge in [0.2, 0.25) is 5.55 Å². The molecule has 1 aromatic rings. The Labute approximate surface area is 63.9 Å². The van der Waals surface area contributed by atoms with Gasteiger partial charge in [-0.2, -0.15) is 0 Å². The molecule has 0 bridgehead atoms. The summed E-state index contributed by atoms with van der Waals surface area (Å²) in [6.45, 7) is 0. The van der Waals surface area contributed by atoms with E-state index in [1.165, 1.54) is 0 Å². The van der Waals surface area contributed by atoms with Crippen LogP contribution < -0.4 is 10.8 Å². The van der Waals surface area contributed by atoms with Gasteiger partial charge in [-0.05, 0) is 18.2 Å². The van der Waals surface area contributed by atoms with Crippen molar-refractivity contribution >= 4 is 6.08 Å². The lowest BCUT2D eigenvalue weighted by Gasteiger charge is -1.79. The van der Waals surface area contributed by atoms with E-state index in [1.54, 1.807) is 12.5 Å². The van der Waals surface area contributed by atoms with Gasteiger partial charge in [-0.25, -0.2) is 4.99 Å². The Kier molecular flexibility index (Phi) is 1.44. The highest BCUT2D eigenvalue weighted by molar-refractivity contribution is 5.37. The second-order valence-corrected chi connectivity index (χ2v) is 2.20. The van der Waals surface area contributed by atoms with Crippen molar-refractivity contribution in [2.75, 3.05) is 0 Å². The number of furan rings is 1. The molecule has 2 heterocycles. The van der Waals surface area contributed by atoms with Crippen LogP contribution in [0.15, 0.2) is 46.2 Å². The first-order chi connectivity index (χ1) is 5.47. The van der Waals surface area contributed by atoms with Crippen molar-refractivity contribution in [3.8, 4) is 0 Å². The summed E-state index contributed by atoms with van der Waals surface area (Å²) >= 11 is 0. The first-order valence-electron chi connectivity index (χ1n) is 3.42. The largest absolute Gasteiger partial charge is 0.446 e. The standard InChI is InChI=1S/C9H7NO/c1-2-4-8-5-7-11-9(8)10-6-3-1/h1-7H/b2-1+,3-1?,4-2?,6-3-,8-4+,10-6?,10-9+. The third-order valence-electron chi connectivity index (χ3n) is 1.45. The van der Waals surface area contributed by atoms with Crippen LogP contribution in [-0.2, 0) is 0 Å². The first-order valence-corrected chi connectivity index (χ1v) is 3.42. The summed E-state index contributed by atoms with van der Waals surface area (Å²) in [5.74, 6) is 0. The van der Waals surface area contributed by atoms with Crippen LogP contribution in [0.2, 0.25) is 0 Å². The predicted octanol–water partition coefficient (Wildman–Crippen LogP) is 0.763. The Morgan fingerprint density at radius 3 is 3.18 bits per heavy atom. The van der Waals surface area contributed by atoms with Crippen LogP contribution in [0.1, 0.15) is 0 Å². The molecule has 0 aromatic carbocycles. The van der Waals surface area contributed by atoms with Gasteiger partial charge in [-0.15, -0.1) is 0 Å². The molecule has 0 saturated carbocycles. The fraction of sp³-hybridized carbons (Fsp3) is 0. The molecule has 2 nitrogen and oxygen atoms in total. The van der Waals surface area contributed by atoms with E-state index in [-0.39, 0.29) is 0 Å². The van der Waals surface area contributed by atoms with Crippen LogP contribution >= 0.6 is 0 Å². The van der Waals surface area contributed by atoms with Gasteiger partial charge >= 0.3 is 0 Å². The summed E-state index contributed by atoms with van der Waals surface area (Å²) in [5, 5.41) is 1.02. The fourth-order valence-electron chi connectivity index (χ4n) is 0.927. The maximum atomic E-state index is 5.11. The smallest absolute Gasteiger partial charge is 0.225 e. The van der Waals surface area contributed by atoms with Crippen LogP contribution in [0.3, 0.4) is 0 Å². The highest BCUT2D eigenvalue weighted by atomic mass is 16.3. The van der Waals surface area contributed by atoms with Gasteiger partial charge in [0.05, 0.1) is 6.26 Å². The number of fused-ring (bicyclic) bond motifs is 1. The monoisotopic (exact) mass is 145 g/mol. The van der Waals surface area contributed by atoms with Crippen LogP contribution in [0, 0.1) is 0 Å². The molecular formula is C9H7NO. The van der Waals surface area contributed by atoms with E-state index in [9.17, 15) is 0 Å². The van der Waals surface area contributed by atoms with Gasteiger partial charge in [0.15, 0.2) is 0 Å². The molecule has 0 atom stereocenters. The molecule has 54 valence electrons. The Balaban J connectivity index is 2.80. The highest BCUT2D eigenvalue weighted by Crippen LogP contribution is 1.82. The highest BCUT2D eigenvalue weighted by Gasteiger charge is 1.87. The van der Waals surface area contributed by atoms with E-state index >= 15 is 0 Å². The fourth-order valence-corrected chi connectivity index (χ4v) is 0.927. The molecule has 0 unspecified atom stereocenters. The summed E-state index contributed by atoms with van der Waals surface area (Å²) in [7, 11) is 0. The van der Waals surface area contributed by atoms with Crippen molar-refractivity contribution < 1.29 is 4.42 Å². The van der Waals surface area contributed by atoms with Crippen molar-refractivity contribution in [3.05, 3.63) is 47.5 Å². The molecule has 1 aliphatic rings. The van der Waals surface area contributed by atoms with Gasteiger partial charge < -0.3 is 4.42 Å². The lowest BCUT2D eigenvalue weighted by molar-refractivity contribution is 0.511. The molecule has 1 aliphatic heterocycles. The molecule has 11 heavy (non-hydrogen) atoms. The van der Waals surface area contributed by atoms with Crippen molar-refractivity contribution in [1.29, 1.82) is 0 Å². The quantitative estimate of drug-likeness (QED) is 0.529. The average Bonchev–Trinajstić information content (AvgIpc) is 2.35. The Hall–Kier alpha value is -1.57. The zero-order chi connectivity index (χ0) is 7.52. The Bertz CT molecular complexity index is 371. The molecule has 0 spiro atoms. The lowest BCUT2D eigenvalue weighted by Crippen LogP contribution is -2.18. The van der Waals surface area contributed by atoms with E-state index < -0.39 is 0 Å². The minimum atomic E-state index is 0.672. The summed E-state index contributed by atoms with van der Waals surface area (Å²) in [4.78, 5) is 4.08. The summed E-state index contributed by atoms with van der Waals surface area (Å²) < 4.78 is 5.11. The zero-order valence-electron chi connectivity index (χ0n) is 5.90. The number of hydrogen-bond donors (Lipinski definition) is 0. The predicted molar refractivity (Wildman–Crippen MR) is 42.2 cm³/mol. The van der Waals surface area contributed by atoms with E-state index in [4.69, 9.17) is 4.42 Å². The number of allylic oxidation sites excluding steroid dienone is 3. The van der Waals surface area contributed by atoms with Crippen LogP contribution in [0.4, 0.5) is 0 Å². The molecule has 0 radical (unpaired) electrons. The maximum absolute atomic E-state index is 5.11. The summed E-state index contributed by atoms with van der Waals surface area (Å²) in [5.41, 5.74) is 0.672. The average molecular weight is 145 g/mol. The first kappa shape index (κ1) is 6.16. The van der Waals surface area contributed by atoms with Gasteiger partial charge in [-0.1, -0.05) is 12.2 Å². The number of rotatable bonds is 0. The number of hydrogen-bond acceptors (Lipinski definition) is 2. The molecular weight excluding hydrogens is 138 g/mol. The summed E-state index contributed by atoms with van der Waals surface area (Å²) in [6, 6.07) is 1.89. The Morgan fingerprint density at radius 2 is 2.18 bits per heavy atom. The van der Waals surface area contributed by atoms with Crippen LogP contribution in [-0.4, -0.2) is 0 Å². The molecule has 2 rings (SSSR count). The van der Waals surface area contributed by atoms with Gasteiger partial charge in [-0.3, -0.25) is 0 Å². The van der Waals surface area contributed by atoms with Gasteiger partial charge in [0, 0.05) is 11.4 Å². The van der Waals surface area contributed by atoms with E-state index in [2.05, 4.69) is 4.99 Å². The Morgan fingerprint density at radius 1 is 1.18 bits per heavy atom. The molecule has 2 heteroatoms. The van der Waals surface area contributed by atoms with Crippen molar-refractivity contribution in [3.63, 3.8) is 0 Å². The molecule has 1 aromatic heterocycles.